The van der Waals surface area contributed by atoms with Crippen LogP contribution in [0.5, 0.6) is 0 Å². The van der Waals surface area contributed by atoms with Gasteiger partial charge in [0.1, 0.15) is 0 Å². The van der Waals surface area contributed by atoms with Crippen LogP contribution in [0.15, 0.2) is 43.0 Å². The third kappa shape index (κ3) is 4.41. The van der Waals surface area contributed by atoms with Gasteiger partial charge in [-0.1, -0.05) is 12.1 Å². The van der Waals surface area contributed by atoms with Crippen LogP contribution in [0.2, 0.25) is 0 Å². The highest BCUT2D eigenvalue weighted by atomic mass is 16.5. The molecule has 0 aliphatic carbocycles. The minimum Gasteiger partial charge on any atom is -0.389 e. The molecule has 1 amide bonds. The van der Waals surface area contributed by atoms with Crippen molar-refractivity contribution in [2.45, 2.75) is 12.6 Å². The summed E-state index contributed by atoms with van der Waals surface area (Å²) in [5.41, 5.74) is 1.69. The van der Waals surface area contributed by atoms with E-state index in [0.29, 0.717) is 5.56 Å². The zero-order valence-electron chi connectivity index (χ0n) is 12.8. The molecule has 1 atom stereocenters. The van der Waals surface area contributed by atoms with Crippen LogP contribution in [0.25, 0.3) is 0 Å². The van der Waals surface area contributed by atoms with E-state index in [2.05, 4.69) is 4.98 Å². The highest BCUT2D eigenvalue weighted by Gasteiger charge is 2.15. The minimum atomic E-state index is -0.681. The molecule has 0 bridgehead atoms. The Morgan fingerprint density at radius 1 is 1.41 bits per heavy atom. The maximum atomic E-state index is 12.3. The van der Waals surface area contributed by atoms with Crippen molar-refractivity contribution in [2.75, 3.05) is 27.3 Å². The predicted octanol–water partition coefficient (Wildman–Crippen LogP) is 1.01. The third-order valence-electron chi connectivity index (χ3n) is 3.32. The maximum absolute atomic E-state index is 12.3. The van der Waals surface area contributed by atoms with Crippen molar-refractivity contribution in [3.8, 4) is 0 Å². The maximum Gasteiger partial charge on any atom is 0.253 e. The van der Waals surface area contributed by atoms with E-state index in [4.69, 9.17) is 4.74 Å². The number of ether oxygens (including phenoxy) is 1. The molecule has 1 N–H and O–H groups in total. The number of likely N-dealkylation sites (N-methyl/N-ethyl adjacent to an activating group) is 1. The Labute approximate surface area is 130 Å². The molecule has 1 aromatic carbocycles. The molecule has 0 saturated carbocycles. The molecule has 2 rings (SSSR count). The number of imidazole rings is 1. The van der Waals surface area contributed by atoms with Gasteiger partial charge in [-0.05, 0) is 17.7 Å². The standard InChI is InChI=1S/C16H21N3O3/c1-18(10-15(20)11-22-2)16(21)14-5-3-13(4-6-14)9-19-8-7-17-12-19/h3-8,12,15,20H,9-11H2,1-2H3. The predicted molar refractivity (Wildman–Crippen MR) is 82.6 cm³/mol. The van der Waals surface area contributed by atoms with Gasteiger partial charge in [-0.25, -0.2) is 4.98 Å². The fraction of sp³-hybridized carbons (Fsp3) is 0.375. The first-order chi connectivity index (χ1) is 10.6. The van der Waals surface area contributed by atoms with Crippen molar-refractivity contribution in [1.29, 1.82) is 0 Å². The van der Waals surface area contributed by atoms with Crippen molar-refractivity contribution in [1.82, 2.24) is 14.5 Å². The summed E-state index contributed by atoms with van der Waals surface area (Å²) < 4.78 is 6.82. The van der Waals surface area contributed by atoms with E-state index in [1.165, 1.54) is 12.0 Å². The number of carbonyl (C=O) groups excluding carboxylic acids is 1. The topological polar surface area (TPSA) is 67.6 Å². The summed E-state index contributed by atoms with van der Waals surface area (Å²) in [5, 5.41) is 9.68. The van der Waals surface area contributed by atoms with Crippen LogP contribution in [-0.4, -0.2) is 58.9 Å². The summed E-state index contributed by atoms with van der Waals surface area (Å²) >= 11 is 0. The van der Waals surface area contributed by atoms with Crippen LogP contribution >= 0.6 is 0 Å². The zero-order chi connectivity index (χ0) is 15.9. The third-order valence-corrected chi connectivity index (χ3v) is 3.32. The number of methoxy groups -OCH3 is 1. The fourth-order valence-corrected chi connectivity index (χ4v) is 2.21. The number of carbonyl (C=O) groups is 1. The molecule has 6 nitrogen and oxygen atoms in total. The molecule has 0 aliphatic heterocycles. The first kappa shape index (κ1) is 16.2. The number of nitrogens with zero attached hydrogens (tertiary/aromatic N) is 3. The van der Waals surface area contributed by atoms with Crippen molar-refractivity contribution in [2.24, 2.45) is 0 Å². The van der Waals surface area contributed by atoms with Crippen molar-refractivity contribution >= 4 is 5.91 Å². The largest absolute Gasteiger partial charge is 0.389 e. The van der Waals surface area contributed by atoms with Crippen LogP contribution in [0.1, 0.15) is 15.9 Å². The van der Waals surface area contributed by atoms with Crippen LogP contribution in [0.4, 0.5) is 0 Å². The molecule has 0 fully saturated rings. The second-order valence-corrected chi connectivity index (χ2v) is 5.23. The Kier molecular flexibility index (Phi) is 5.68. The average molecular weight is 303 g/mol. The summed E-state index contributed by atoms with van der Waals surface area (Å²) in [7, 11) is 3.19. The lowest BCUT2D eigenvalue weighted by atomic mass is 10.1. The molecule has 1 aromatic heterocycles. The molecule has 22 heavy (non-hydrogen) atoms. The SMILES string of the molecule is COCC(O)CN(C)C(=O)c1ccc(Cn2ccnc2)cc1. The number of hydrogen-bond acceptors (Lipinski definition) is 4. The summed E-state index contributed by atoms with van der Waals surface area (Å²) in [4.78, 5) is 17.8. The van der Waals surface area contributed by atoms with Gasteiger partial charge in [-0.2, -0.15) is 0 Å². The van der Waals surface area contributed by atoms with Gasteiger partial charge in [0.25, 0.3) is 5.91 Å². The Morgan fingerprint density at radius 3 is 2.73 bits per heavy atom. The van der Waals surface area contributed by atoms with E-state index < -0.39 is 6.10 Å². The Hall–Kier alpha value is -2.18. The number of aliphatic hydroxyl groups excluding tert-OH is 1. The lowest BCUT2D eigenvalue weighted by molar-refractivity contribution is 0.0380. The Bertz CT molecular complexity index is 581. The number of amides is 1. The lowest BCUT2D eigenvalue weighted by Gasteiger charge is -2.20. The van der Waals surface area contributed by atoms with Gasteiger partial charge in [0.05, 0.1) is 19.0 Å². The summed E-state index contributed by atoms with van der Waals surface area (Å²) in [6, 6.07) is 7.45. The molecule has 1 heterocycles. The van der Waals surface area contributed by atoms with Crippen LogP contribution in [0.3, 0.4) is 0 Å². The molecular formula is C16H21N3O3. The normalized spacial score (nSPS) is 12.1. The molecule has 0 radical (unpaired) electrons. The fourth-order valence-electron chi connectivity index (χ4n) is 2.21. The van der Waals surface area contributed by atoms with E-state index in [1.54, 1.807) is 31.7 Å². The minimum absolute atomic E-state index is 0.121. The number of benzene rings is 1. The van der Waals surface area contributed by atoms with E-state index in [9.17, 15) is 9.90 Å². The number of rotatable bonds is 7. The van der Waals surface area contributed by atoms with Crippen molar-refractivity contribution in [3.63, 3.8) is 0 Å². The molecule has 1 unspecified atom stereocenters. The first-order valence-corrected chi connectivity index (χ1v) is 7.07. The number of aromatic nitrogens is 2. The van der Waals surface area contributed by atoms with Gasteiger partial charge in [0, 0.05) is 45.2 Å². The first-order valence-electron chi connectivity index (χ1n) is 7.07. The van der Waals surface area contributed by atoms with E-state index in [-0.39, 0.29) is 19.1 Å². The summed E-state index contributed by atoms with van der Waals surface area (Å²) in [6.45, 7) is 1.17. The highest BCUT2D eigenvalue weighted by molar-refractivity contribution is 5.94. The smallest absolute Gasteiger partial charge is 0.253 e. The molecule has 6 heteroatoms. The van der Waals surface area contributed by atoms with Gasteiger partial charge in [-0.3, -0.25) is 4.79 Å². The monoisotopic (exact) mass is 303 g/mol. The van der Waals surface area contributed by atoms with Crippen LogP contribution in [-0.2, 0) is 11.3 Å². The summed E-state index contributed by atoms with van der Waals surface area (Å²) in [5.74, 6) is -0.121. The van der Waals surface area contributed by atoms with E-state index in [0.717, 1.165) is 12.1 Å². The zero-order valence-corrected chi connectivity index (χ0v) is 12.8. The number of aliphatic hydroxyl groups is 1. The van der Waals surface area contributed by atoms with Gasteiger partial charge in [-0.15, -0.1) is 0 Å². The van der Waals surface area contributed by atoms with Gasteiger partial charge in [0.15, 0.2) is 0 Å². The van der Waals surface area contributed by atoms with Gasteiger partial charge >= 0.3 is 0 Å². The Balaban J connectivity index is 1.95. The molecule has 2 aromatic rings. The summed E-state index contributed by atoms with van der Waals surface area (Å²) in [6.07, 6.45) is 4.70. The molecule has 0 spiro atoms. The number of hydrogen-bond donors (Lipinski definition) is 1. The quantitative estimate of drug-likeness (QED) is 0.829. The second-order valence-electron chi connectivity index (χ2n) is 5.23. The Morgan fingerprint density at radius 2 is 2.14 bits per heavy atom. The van der Waals surface area contributed by atoms with Crippen LogP contribution < -0.4 is 0 Å². The van der Waals surface area contributed by atoms with Crippen LogP contribution in [0, 0.1) is 0 Å². The molecular weight excluding hydrogens is 282 g/mol. The van der Waals surface area contributed by atoms with Gasteiger partial charge < -0.3 is 19.3 Å². The highest BCUT2D eigenvalue weighted by Crippen LogP contribution is 2.09. The lowest BCUT2D eigenvalue weighted by Crippen LogP contribution is -2.36. The second kappa shape index (κ2) is 7.72. The van der Waals surface area contributed by atoms with Crippen molar-refractivity contribution < 1.29 is 14.6 Å². The molecule has 118 valence electrons. The molecule has 0 aliphatic rings. The van der Waals surface area contributed by atoms with Gasteiger partial charge in [0.2, 0.25) is 0 Å². The van der Waals surface area contributed by atoms with Crippen molar-refractivity contribution in [3.05, 3.63) is 54.1 Å². The van der Waals surface area contributed by atoms with E-state index >= 15 is 0 Å². The average Bonchev–Trinajstić information content (AvgIpc) is 3.00. The van der Waals surface area contributed by atoms with E-state index in [1.807, 2.05) is 22.9 Å². The molecule has 0 saturated heterocycles.